The van der Waals surface area contributed by atoms with E-state index in [4.69, 9.17) is 4.74 Å². The lowest BCUT2D eigenvalue weighted by Gasteiger charge is -2.13. The zero-order chi connectivity index (χ0) is 12.1. The fraction of sp³-hybridized carbons (Fsp3) is 0.364. The Hall–Kier alpha value is -1.78. The zero-order valence-electron chi connectivity index (χ0n) is 9.41. The highest BCUT2D eigenvalue weighted by molar-refractivity contribution is 5.78. The van der Waals surface area contributed by atoms with Crippen LogP contribution in [0.15, 0.2) is 18.2 Å². The summed E-state index contributed by atoms with van der Waals surface area (Å²) in [4.78, 5) is 11.1. The summed E-state index contributed by atoms with van der Waals surface area (Å²) < 4.78 is 22.6. The first-order valence-corrected chi connectivity index (χ1v) is 4.76. The van der Waals surface area contributed by atoms with Gasteiger partial charge in [0.25, 0.3) is 0 Å². The number of hydrogen-bond donors (Lipinski definition) is 1. The predicted octanol–water partition coefficient (Wildman–Crippen LogP) is 1.81. The Balaban J connectivity index is 2.75. The minimum atomic E-state index is -0.530. The van der Waals surface area contributed by atoms with E-state index < -0.39 is 17.8 Å². The van der Waals surface area contributed by atoms with E-state index in [-0.39, 0.29) is 5.75 Å². The van der Waals surface area contributed by atoms with Gasteiger partial charge in [0.1, 0.15) is 6.04 Å². The largest absolute Gasteiger partial charge is 0.494 e. The maximum Gasteiger partial charge on any atom is 0.327 e. The van der Waals surface area contributed by atoms with Crippen LogP contribution in [-0.2, 0) is 9.53 Å². The third-order valence-electron chi connectivity index (χ3n) is 2.09. The van der Waals surface area contributed by atoms with Gasteiger partial charge in [0, 0.05) is 11.8 Å². The molecule has 5 heteroatoms. The van der Waals surface area contributed by atoms with Crippen LogP contribution in [0.2, 0.25) is 0 Å². The molecule has 0 aromatic heterocycles. The molecule has 1 N–H and O–H groups in total. The van der Waals surface area contributed by atoms with Crippen molar-refractivity contribution >= 4 is 11.7 Å². The maximum atomic E-state index is 13.3. The molecule has 1 atom stereocenters. The monoisotopic (exact) mass is 227 g/mol. The second-order valence-electron chi connectivity index (χ2n) is 3.24. The van der Waals surface area contributed by atoms with Gasteiger partial charge in [-0.3, -0.25) is 0 Å². The van der Waals surface area contributed by atoms with E-state index in [0.29, 0.717) is 5.69 Å². The maximum absolute atomic E-state index is 13.3. The fourth-order valence-electron chi connectivity index (χ4n) is 1.24. The number of methoxy groups -OCH3 is 2. The summed E-state index contributed by atoms with van der Waals surface area (Å²) in [5.41, 5.74) is 0.496. The van der Waals surface area contributed by atoms with Gasteiger partial charge in [0.15, 0.2) is 11.6 Å². The Morgan fingerprint density at radius 3 is 2.62 bits per heavy atom. The molecular formula is C11H14FNO3. The number of carbonyl (C=O) groups excluding carboxylic acids is 1. The molecule has 0 spiro atoms. The number of benzene rings is 1. The van der Waals surface area contributed by atoms with Crippen molar-refractivity contribution in [3.63, 3.8) is 0 Å². The molecule has 0 saturated heterocycles. The predicted molar refractivity (Wildman–Crippen MR) is 58.1 cm³/mol. The Bertz CT molecular complexity index is 381. The number of anilines is 1. The van der Waals surface area contributed by atoms with Gasteiger partial charge < -0.3 is 14.8 Å². The number of rotatable bonds is 4. The van der Waals surface area contributed by atoms with Crippen molar-refractivity contribution in [2.45, 2.75) is 13.0 Å². The molecule has 0 radical (unpaired) electrons. The average molecular weight is 227 g/mol. The molecular weight excluding hydrogens is 213 g/mol. The summed E-state index contributed by atoms with van der Waals surface area (Å²) in [6.45, 7) is 1.63. The van der Waals surface area contributed by atoms with E-state index in [1.165, 1.54) is 26.4 Å². The molecule has 1 unspecified atom stereocenters. The molecule has 1 aromatic carbocycles. The van der Waals surface area contributed by atoms with Gasteiger partial charge >= 0.3 is 5.97 Å². The van der Waals surface area contributed by atoms with Crippen molar-refractivity contribution in [3.8, 4) is 5.75 Å². The summed E-state index contributed by atoms with van der Waals surface area (Å²) >= 11 is 0. The van der Waals surface area contributed by atoms with Crippen LogP contribution in [-0.4, -0.2) is 26.2 Å². The molecule has 0 amide bonds. The number of esters is 1. The van der Waals surface area contributed by atoms with Crippen molar-refractivity contribution in [3.05, 3.63) is 24.0 Å². The van der Waals surface area contributed by atoms with Crippen LogP contribution in [0.4, 0.5) is 10.1 Å². The van der Waals surface area contributed by atoms with Crippen molar-refractivity contribution in [2.24, 2.45) is 0 Å². The van der Waals surface area contributed by atoms with Gasteiger partial charge in [-0.05, 0) is 19.1 Å². The molecule has 0 heterocycles. The van der Waals surface area contributed by atoms with Gasteiger partial charge in [-0.25, -0.2) is 9.18 Å². The normalized spacial score (nSPS) is 11.8. The van der Waals surface area contributed by atoms with Gasteiger partial charge in [-0.1, -0.05) is 0 Å². The lowest BCUT2D eigenvalue weighted by Crippen LogP contribution is -2.27. The van der Waals surface area contributed by atoms with Crippen LogP contribution in [0.1, 0.15) is 6.92 Å². The molecule has 1 rings (SSSR count). The van der Waals surface area contributed by atoms with E-state index in [1.807, 2.05) is 0 Å². The Kier molecular flexibility index (Phi) is 4.10. The standard InChI is InChI=1S/C11H14FNO3/c1-7(11(14)16-3)13-8-4-5-10(15-2)9(12)6-8/h4-7,13H,1-3H3. The van der Waals surface area contributed by atoms with Crippen molar-refractivity contribution in [1.29, 1.82) is 0 Å². The quantitative estimate of drug-likeness (QED) is 0.797. The number of halogens is 1. The number of carbonyl (C=O) groups is 1. The number of nitrogens with one attached hydrogen (secondary N) is 1. The molecule has 4 nitrogen and oxygen atoms in total. The molecule has 0 aliphatic heterocycles. The molecule has 0 fully saturated rings. The minimum Gasteiger partial charge on any atom is -0.494 e. The molecule has 0 saturated carbocycles. The molecule has 0 bridgehead atoms. The lowest BCUT2D eigenvalue weighted by molar-refractivity contribution is -0.141. The molecule has 16 heavy (non-hydrogen) atoms. The molecule has 88 valence electrons. The average Bonchev–Trinajstić information content (AvgIpc) is 2.28. The summed E-state index contributed by atoms with van der Waals surface area (Å²) in [7, 11) is 2.69. The van der Waals surface area contributed by atoms with Gasteiger partial charge in [0.2, 0.25) is 0 Å². The van der Waals surface area contributed by atoms with Crippen molar-refractivity contribution in [1.82, 2.24) is 0 Å². The first kappa shape index (κ1) is 12.3. The summed E-state index contributed by atoms with van der Waals surface area (Å²) in [6.07, 6.45) is 0. The summed E-state index contributed by atoms with van der Waals surface area (Å²) in [6, 6.07) is 3.85. The highest BCUT2D eigenvalue weighted by atomic mass is 19.1. The second kappa shape index (κ2) is 5.34. The fourth-order valence-corrected chi connectivity index (χ4v) is 1.24. The second-order valence-corrected chi connectivity index (χ2v) is 3.24. The SMILES string of the molecule is COC(=O)C(C)Nc1ccc(OC)c(F)c1. The summed E-state index contributed by atoms with van der Waals surface area (Å²) in [5.74, 6) is -0.725. The first-order chi connectivity index (χ1) is 7.58. The van der Waals surface area contributed by atoms with Crippen LogP contribution in [0.5, 0.6) is 5.75 Å². The molecule has 0 aliphatic rings. The summed E-state index contributed by atoms with van der Waals surface area (Å²) in [5, 5.41) is 2.81. The van der Waals surface area contributed by atoms with Crippen LogP contribution < -0.4 is 10.1 Å². The topological polar surface area (TPSA) is 47.6 Å². The third kappa shape index (κ3) is 2.85. The van der Waals surface area contributed by atoms with Gasteiger partial charge in [-0.15, -0.1) is 0 Å². The third-order valence-corrected chi connectivity index (χ3v) is 2.09. The highest BCUT2D eigenvalue weighted by Gasteiger charge is 2.13. The van der Waals surface area contributed by atoms with Crippen LogP contribution in [0.25, 0.3) is 0 Å². The van der Waals surface area contributed by atoms with Crippen LogP contribution in [0, 0.1) is 5.82 Å². The zero-order valence-corrected chi connectivity index (χ0v) is 9.41. The number of ether oxygens (including phenoxy) is 2. The Morgan fingerprint density at radius 2 is 2.12 bits per heavy atom. The van der Waals surface area contributed by atoms with E-state index >= 15 is 0 Å². The Morgan fingerprint density at radius 1 is 1.44 bits per heavy atom. The smallest absolute Gasteiger partial charge is 0.327 e. The highest BCUT2D eigenvalue weighted by Crippen LogP contribution is 2.21. The van der Waals surface area contributed by atoms with Crippen LogP contribution >= 0.6 is 0 Å². The Labute approximate surface area is 93.4 Å². The van der Waals surface area contributed by atoms with E-state index in [0.717, 1.165) is 0 Å². The first-order valence-electron chi connectivity index (χ1n) is 4.76. The van der Waals surface area contributed by atoms with Crippen molar-refractivity contribution < 1.29 is 18.7 Å². The van der Waals surface area contributed by atoms with E-state index in [2.05, 4.69) is 10.1 Å². The number of hydrogen-bond acceptors (Lipinski definition) is 4. The van der Waals surface area contributed by atoms with E-state index in [9.17, 15) is 9.18 Å². The van der Waals surface area contributed by atoms with Gasteiger partial charge in [-0.2, -0.15) is 0 Å². The van der Waals surface area contributed by atoms with E-state index in [1.54, 1.807) is 13.0 Å². The molecule has 0 aliphatic carbocycles. The van der Waals surface area contributed by atoms with Gasteiger partial charge in [0.05, 0.1) is 14.2 Å². The minimum absolute atomic E-state index is 0.163. The lowest BCUT2D eigenvalue weighted by atomic mass is 10.2. The van der Waals surface area contributed by atoms with Crippen molar-refractivity contribution in [2.75, 3.05) is 19.5 Å². The van der Waals surface area contributed by atoms with Crippen LogP contribution in [0.3, 0.4) is 0 Å². The molecule has 1 aromatic rings.